The third kappa shape index (κ3) is 4.68. The maximum Gasteiger partial charge on any atom is 0.270 e. The van der Waals surface area contributed by atoms with Gasteiger partial charge in [-0.15, -0.1) is 0 Å². The van der Waals surface area contributed by atoms with E-state index in [0.717, 1.165) is 25.9 Å². The highest BCUT2D eigenvalue weighted by Crippen LogP contribution is 2.29. The Morgan fingerprint density at radius 1 is 1.32 bits per heavy atom. The number of hydrogen-bond donors (Lipinski definition) is 1. The summed E-state index contributed by atoms with van der Waals surface area (Å²) in [4.78, 5) is 38.2. The molecule has 136 valence electrons. The van der Waals surface area contributed by atoms with Crippen LogP contribution in [0.15, 0.2) is 18.2 Å². The van der Waals surface area contributed by atoms with Crippen LogP contribution in [0.4, 0.5) is 11.4 Å². The fourth-order valence-corrected chi connectivity index (χ4v) is 2.75. The number of nitrogens with one attached hydrogen (secondary N) is 1. The number of nitrogens with zero attached hydrogens (tertiary/aromatic N) is 3. The number of nitro benzene ring substituents is 1. The molecule has 1 aromatic carbocycles. The average Bonchev–Trinajstić information content (AvgIpc) is 2.59. The summed E-state index contributed by atoms with van der Waals surface area (Å²) in [6.45, 7) is 3.64. The van der Waals surface area contributed by atoms with Crippen LogP contribution in [0.2, 0.25) is 0 Å². The number of hydrogen-bond acceptors (Lipinski definition) is 5. The fourth-order valence-electron chi connectivity index (χ4n) is 2.75. The van der Waals surface area contributed by atoms with Crippen LogP contribution in [-0.2, 0) is 4.79 Å². The van der Waals surface area contributed by atoms with Gasteiger partial charge >= 0.3 is 0 Å². The van der Waals surface area contributed by atoms with E-state index >= 15 is 0 Å². The molecule has 1 heterocycles. The zero-order valence-electron chi connectivity index (χ0n) is 14.8. The second kappa shape index (κ2) is 7.96. The SMILES string of the molecule is CC1CCN(c2ccc([N+](=O)[O-])cc2C(=O)NCC(=O)N(C)C)CC1. The van der Waals surface area contributed by atoms with Crippen LogP contribution in [0, 0.1) is 16.0 Å². The summed E-state index contributed by atoms with van der Waals surface area (Å²) in [5.74, 6) is -0.0936. The van der Waals surface area contributed by atoms with Gasteiger partial charge in [0.15, 0.2) is 0 Å². The molecule has 0 bridgehead atoms. The molecular formula is C17H24N4O4. The number of amides is 2. The van der Waals surface area contributed by atoms with E-state index in [-0.39, 0.29) is 23.7 Å². The summed E-state index contributed by atoms with van der Waals surface area (Å²) in [5, 5.41) is 13.6. The minimum atomic E-state index is -0.524. The Hall–Kier alpha value is -2.64. The van der Waals surface area contributed by atoms with Gasteiger partial charge in [-0.1, -0.05) is 6.92 Å². The Morgan fingerprint density at radius 3 is 2.52 bits per heavy atom. The lowest BCUT2D eigenvalue weighted by Crippen LogP contribution is -2.38. The lowest BCUT2D eigenvalue weighted by molar-refractivity contribution is -0.384. The van der Waals surface area contributed by atoms with Crippen molar-refractivity contribution in [3.05, 3.63) is 33.9 Å². The molecule has 8 nitrogen and oxygen atoms in total. The van der Waals surface area contributed by atoms with Crippen molar-refractivity contribution in [3.8, 4) is 0 Å². The summed E-state index contributed by atoms with van der Waals surface area (Å²) < 4.78 is 0. The summed E-state index contributed by atoms with van der Waals surface area (Å²) in [7, 11) is 3.20. The first-order valence-electron chi connectivity index (χ1n) is 8.31. The van der Waals surface area contributed by atoms with Gasteiger partial charge in [-0.05, 0) is 24.8 Å². The zero-order valence-corrected chi connectivity index (χ0v) is 14.8. The summed E-state index contributed by atoms with van der Waals surface area (Å²) >= 11 is 0. The van der Waals surface area contributed by atoms with Gasteiger partial charge in [0.25, 0.3) is 11.6 Å². The molecule has 25 heavy (non-hydrogen) atoms. The number of nitro groups is 1. The molecule has 0 spiro atoms. The second-order valence-corrected chi connectivity index (χ2v) is 6.60. The van der Waals surface area contributed by atoms with Crippen molar-refractivity contribution in [2.75, 3.05) is 38.6 Å². The van der Waals surface area contributed by atoms with Gasteiger partial charge < -0.3 is 15.1 Å². The molecule has 0 atom stereocenters. The Labute approximate surface area is 146 Å². The zero-order chi connectivity index (χ0) is 18.6. The molecule has 8 heteroatoms. The first-order valence-corrected chi connectivity index (χ1v) is 8.31. The van der Waals surface area contributed by atoms with E-state index in [1.807, 2.05) is 0 Å². The van der Waals surface area contributed by atoms with Crippen LogP contribution in [-0.4, -0.2) is 55.4 Å². The van der Waals surface area contributed by atoms with Gasteiger partial charge in [-0.25, -0.2) is 0 Å². The second-order valence-electron chi connectivity index (χ2n) is 6.60. The van der Waals surface area contributed by atoms with Gasteiger partial charge in [0, 0.05) is 39.3 Å². The number of benzene rings is 1. The molecule has 1 N–H and O–H groups in total. The van der Waals surface area contributed by atoms with Gasteiger partial charge in [0.2, 0.25) is 5.91 Å². The highest BCUT2D eigenvalue weighted by Gasteiger charge is 2.23. The van der Waals surface area contributed by atoms with Crippen molar-refractivity contribution in [1.82, 2.24) is 10.2 Å². The minimum absolute atomic E-state index is 0.141. The predicted molar refractivity (Wildman–Crippen MR) is 94.7 cm³/mol. The molecule has 1 aromatic rings. The quantitative estimate of drug-likeness (QED) is 0.645. The smallest absolute Gasteiger partial charge is 0.270 e. The van der Waals surface area contributed by atoms with E-state index in [4.69, 9.17) is 0 Å². The molecule has 1 aliphatic rings. The van der Waals surface area contributed by atoms with Crippen LogP contribution >= 0.6 is 0 Å². The maximum atomic E-state index is 12.5. The molecular weight excluding hydrogens is 324 g/mol. The lowest BCUT2D eigenvalue weighted by Gasteiger charge is -2.33. The van der Waals surface area contributed by atoms with Crippen LogP contribution in [0.1, 0.15) is 30.1 Å². The first-order chi connectivity index (χ1) is 11.8. The van der Waals surface area contributed by atoms with E-state index in [1.54, 1.807) is 20.2 Å². The number of non-ortho nitro benzene ring substituents is 1. The predicted octanol–water partition coefficient (Wildman–Crippen LogP) is 1.65. The van der Waals surface area contributed by atoms with Crippen molar-refractivity contribution in [1.29, 1.82) is 0 Å². The van der Waals surface area contributed by atoms with Crippen molar-refractivity contribution in [2.24, 2.45) is 5.92 Å². The highest BCUT2D eigenvalue weighted by molar-refractivity contribution is 6.02. The largest absolute Gasteiger partial charge is 0.371 e. The number of likely N-dealkylation sites (N-methyl/N-ethyl adjacent to an activating group) is 1. The number of anilines is 1. The molecule has 0 saturated carbocycles. The molecule has 0 aliphatic carbocycles. The molecule has 0 unspecified atom stereocenters. The van der Waals surface area contributed by atoms with Gasteiger partial charge in [-0.3, -0.25) is 19.7 Å². The molecule has 2 amide bonds. The van der Waals surface area contributed by atoms with Crippen molar-refractivity contribution in [2.45, 2.75) is 19.8 Å². The maximum absolute atomic E-state index is 12.5. The van der Waals surface area contributed by atoms with Crippen molar-refractivity contribution >= 4 is 23.2 Å². The van der Waals surface area contributed by atoms with Crippen LogP contribution in [0.3, 0.4) is 0 Å². The van der Waals surface area contributed by atoms with E-state index in [0.29, 0.717) is 11.6 Å². The van der Waals surface area contributed by atoms with Gasteiger partial charge in [0.1, 0.15) is 0 Å². The van der Waals surface area contributed by atoms with E-state index in [1.165, 1.54) is 17.0 Å². The Bertz CT molecular complexity index is 667. The molecule has 2 rings (SSSR count). The fraction of sp³-hybridized carbons (Fsp3) is 0.529. The lowest BCUT2D eigenvalue weighted by atomic mass is 9.98. The third-order valence-corrected chi connectivity index (χ3v) is 4.46. The van der Waals surface area contributed by atoms with Crippen LogP contribution in [0.5, 0.6) is 0 Å². The molecule has 1 aliphatic heterocycles. The van der Waals surface area contributed by atoms with E-state index in [9.17, 15) is 19.7 Å². The van der Waals surface area contributed by atoms with Crippen LogP contribution < -0.4 is 10.2 Å². The highest BCUT2D eigenvalue weighted by atomic mass is 16.6. The number of rotatable bonds is 5. The number of carbonyl (C=O) groups is 2. The molecule has 1 saturated heterocycles. The topological polar surface area (TPSA) is 95.8 Å². The number of carbonyl (C=O) groups excluding carboxylic acids is 2. The first kappa shape index (κ1) is 18.7. The number of piperidine rings is 1. The molecule has 1 fully saturated rings. The third-order valence-electron chi connectivity index (χ3n) is 4.46. The normalized spacial score (nSPS) is 14.9. The molecule has 0 radical (unpaired) electrons. The Morgan fingerprint density at radius 2 is 1.96 bits per heavy atom. The average molecular weight is 348 g/mol. The summed E-state index contributed by atoms with van der Waals surface area (Å²) in [6, 6.07) is 4.31. The molecule has 0 aromatic heterocycles. The minimum Gasteiger partial charge on any atom is -0.371 e. The Balaban J connectivity index is 2.25. The summed E-state index contributed by atoms with van der Waals surface area (Å²) in [5.41, 5.74) is 0.765. The van der Waals surface area contributed by atoms with E-state index < -0.39 is 10.8 Å². The van der Waals surface area contributed by atoms with E-state index in [2.05, 4.69) is 17.1 Å². The monoisotopic (exact) mass is 348 g/mol. The van der Waals surface area contributed by atoms with Crippen molar-refractivity contribution in [3.63, 3.8) is 0 Å². The van der Waals surface area contributed by atoms with Gasteiger partial charge in [-0.2, -0.15) is 0 Å². The standard InChI is InChI=1S/C17H24N4O4/c1-12-6-8-20(9-7-12)15-5-4-13(21(24)25)10-14(15)17(23)18-11-16(22)19(2)3/h4-5,10,12H,6-9,11H2,1-3H3,(H,18,23). The van der Waals surface area contributed by atoms with Crippen LogP contribution in [0.25, 0.3) is 0 Å². The Kier molecular flexibility index (Phi) is 5.95. The van der Waals surface area contributed by atoms with Crippen molar-refractivity contribution < 1.29 is 14.5 Å². The van der Waals surface area contributed by atoms with Gasteiger partial charge in [0.05, 0.1) is 22.7 Å². The summed E-state index contributed by atoms with van der Waals surface area (Å²) in [6.07, 6.45) is 2.02.